The van der Waals surface area contributed by atoms with E-state index in [4.69, 9.17) is 15.6 Å². The van der Waals surface area contributed by atoms with Crippen LogP contribution in [0.25, 0.3) is 0 Å². The average molecular weight is 753 g/mol. The number of aliphatic carboxylic acids is 1. The normalized spacial score (nSPS) is 19.3. The number of nitrogens with two attached hydrogens (primary N) is 1. The summed E-state index contributed by atoms with van der Waals surface area (Å²) in [7, 11) is 0. The van der Waals surface area contributed by atoms with Crippen molar-refractivity contribution in [1.29, 1.82) is 0 Å². The highest BCUT2D eigenvalue weighted by Gasteiger charge is 2.31. The maximum atomic E-state index is 12.5. The molecule has 8 N–H and O–H groups in total. The number of carboxylic acid groups (broad SMARTS) is 1. The van der Waals surface area contributed by atoms with Gasteiger partial charge in [0.2, 0.25) is 5.91 Å². The Morgan fingerprint density at radius 1 is 0.577 bits per heavy atom. The number of urea groups is 2. The molecule has 0 atom stereocenters. The lowest BCUT2D eigenvalue weighted by molar-refractivity contribution is -0.138. The summed E-state index contributed by atoms with van der Waals surface area (Å²) >= 11 is 0. The number of anilines is 2. The molecule has 52 heavy (non-hydrogen) atoms. The highest BCUT2D eigenvalue weighted by molar-refractivity contribution is 5.90. The minimum atomic E-state index is -4.40. The zero-order valence-corrected chi connectivity index (χ0v) is 27.0. The van der Waals surface area contributed by atoms with Gasteiger partial charge in [-0.05, 0) is 99.9 Å². The fourth-order valence-electron chi connectivity index (χ4n) is 5.12. The molecule has 0 radical (unpaired) electrons. The Bertz CT molecular complexity index is 1350. The predicted octanol–water partition coefficient (Wildman–Crippen LogP) is 8.37. The van der Waals surface area contributed by atoms with Crippen molar-refractivity contribution in [3.8, 4) is 0 Å². The summed E-state index contributed by atoms with van der Waals surface area (Å²) < 4.78 is 74.7. The molecule has 2 fully saturated rings. The second-order valence-electron chi connectivity index (χ2n) is 11.7. The molecule has 4 rings (SSSR count). The molecule has 2 aliphatic carbocycles. The second-order valence-corrected chi connectivity index (χ2v) is 11.7. The van der Waals surface area contributed by atoms with E-state index < -0.39 is 41.5 Å². The lowest BCUT2D eigenvalue weighted by Gasteiger charge is -2.29. The molecule has 2 aliphatic rings. The van der Waals surface area contributed by atoms with Gasteiger partial charge < -0.3 is 37.4 Å². The van der Waals surface area contributed by atoms with Crippen molar-refractivity contribution in [3.05, 3.63) is 59.7 Å². The van der Waals surface area contributed by atoms with Crippen molar-refractivity contribution < 1.29 is 50.6 Å². The van der Waals surface area contributed by atoms with E-state index >= 15 is 0 Å². The summed E-state index contributed by atoms with van der Waals surface area (Å²) in [6, 6.07) is 8.17. The first-order valence-corrected chi connectivity index (χ1v) is 15.5. The zero-order chi connectivity index (χ0) is 36.8. The molecule has 0 unspecified atom stereocenters. The molecule has 0 bridgehead atoms. The standard InChI is InChI=1S/C16H20F3N3O2.C14H18F3N3O.C2H4O2.3CH4/c1-10(23)20-12-6-8-14(9-7-12)22-15(24)21-13-4-2-11(3-5-13)16(17,18)19;15-14(16,17)9-1-5-11(6-2-9)19-13(21)20-12-7-3-10(18)4-8-12;1-2(3)4;;;/h2-5,12,14H,6-9H2,1H3,(H,20,23)(H2,21,22,24);1-2,5-6,10,12H,3-4,7-8,18H2,(H2,19,20,21);1H3,(H,3,4);3*1H4. The van der Waals surface area contributed by atoms with Crippen LogP contribution in [0, 0.1) is 0 Å². The maximum absolute atomic E-state index is 12.5. The van der Waals surface area contributed by atoms with Crippen molar-refractivity contribution in [1.82, 2.24) is 16.0 Å². The van der Waals surface area contributed by atoms with Crippen molar-refractivity contribution in [2.75, 3.05) is 10.6 Å². The van der Waals surface area contributed by atoms with Crippen LogP contribution in [0.15, 0.2) is 48.5 Å². The third-order valence-electron chi connectivity index (χ3n) is 7.52. The SMILES string of the molecule is C.C.C.CC(=O)NC1CCC(NC(=O)Nc2ccc(C(F)(F)F)cc2)CC1.CC(=O)O.NC1CCC(NC(=O)Nc2ccc(C(F)(F)F)cc2)CC1. The first-order valence-electron chi connectivity index (χ1n) is 15.5. The van der Waals surface area contributed by atoms with Gasteiger partial charge >= 0.3 is 24.4 Å². The minimum absolute atomic E-state index is 0. The fraction of sp³-hybridized carbons (Fsp3) is 0.543. The molecule has 0 aromatic heterocycles. The van der Waals surface area contributed by atoms with Crippen LogP contribution in [0.1, 0.15) is 98.6 Å². The number of alkyl halides is 6. The third-order valence-corrected chi connectivity index (χ3v) is 7.52. The Labute approximate surface area is 301 Å². The van der Waals surface area contributed by atoms with Crippen molar-refractivity contribution >= 4 is 35.3 Å². The van der Waals surface area contributed by atoms with Crippen molar-refractivity contribution in [2.45, 2.75) is 124 Å². The van der Waals surface area contributed by atoms with Gasteiger partial charge in [-0.25, -0.2) is 9.59 Å². The topological polar surface area (TPSA) is 175 Å². The first-order chi connectivity index (χ1) is 22.8. The molecule has 2 saturated carbocycles. The number of amides is 5. The number of carboxylic acids is 1. The third kappa shape index (κ3) is 19.7. The number of rotatable bonds is 5. The van der Waals surface area contributed by atoms with Crippen LogP contribution >= 0.6 is 0 Å². The molecule has 0 spiro atoms. The molecule has 0 saturated heterocycles. The molecule has 11 nitrogen and oxygen atoms in total. The summed E-state index contributed by atoms with van der Waals surface area (Å²) in [5, 5.41) is 20.9. The van der Waals surface area contributed by atoms with Gasteiger partial charge in [0.05, 0.1) is 11.1 Å². The molecular formula is C35H54F6N6O5. The number of benzene rings is 2. The number of halogens is 6. The maximum Gasteiger partial charge on any atom is 0.416 e. The van der Waals surface area contributed by atoms with Gasteiger partial charge in [-0.2, -0.15) is 26.3 Å². The summed E-state index contributed by atoms with van der Waals surface area (Å²) in [4.78, 5) is 43.7. The van der Waals surface area contributed by atoms with E-state index in [-0.39, 0.29) is 52.4 Å². The van der Waals surface area contributed by atoms with E-state index in [0.717, 1.165) is 82.6 Å². The predicted molar refractivity (Wildman–Crippen MR) is 191 cm³/mol. The van der Waals surface area contributed by atoms with Gasteiger partial charge in [-0.1, -0.05) is 22.3 Å². The minimum Gasteiger partial charge on any atom is -0.481 e. The van der Waals surface area contributed by atoms with Gasteiger partial charge in [-0.3, -0.25) is 9.59 Å². The largest absolute Gasteiger partial charge is 0.481 e. The lowest BCUT2D eigenvalue weighted by Crippen LogP contribution is -2.44. The lowest BCUT2D eigenvalue weighted by atomic mass is 9.91. The van der Waals surface area contributed by atoms with Crippen LogP contribution in [0.2, 0.25) is 0 Å². The molecule has 2 aromatic rings. The van der Waals surface area contributed by atoms with Crippen molar-refractivity contribution in [3.63, 3.8) is 0 Å². The van der Waals surface area contributed by atoms with Gasteiger partial charge in [0.25, 0.3) is 5.97 Å². The molecule has 0 aliphatic heterocycles. The number of hydrogen-bond acceptors (Lipinski definition) is 5. The van der Waals surface area contributed by atoms with Crippen LogP contribution in [0.3, 0.4) is 0 Å². The quantitative estimate of drug-likeness (QED) is 0.151. The van der Waals surface area contributed by atoms with Crippen LogP contribution in [0.4, 0.5) is 47.3 Å². The van der Waals surface area contributed by atoms with E-state index in [1.54, 1.807) is 0 Å². The van der Waals surface area contributed by atoms with Crippen LogP contribution in [-0.2, 0) is 21.9 Å². The van der Waals surface area contributed by atoms with Gasteiger partial charge in [0.15, 0.2) is 0 Å². The van der Waals surface area contributed by atoms with E-state index in [1.807, 2.05) is 0 Å². The summed E-state index contributed by atoms with van der Waals surface area (Å²) in [5.41, 5.74) is 4.91. The van der Waals surface area contributed by atoms with E-state index in [9.17, 15) is 40.7 Å². The zero-order valence-electron chi connectivity index (χ0n) is 27.0. The molecule has 5 amide bonds. The Morgan fingerprint density at radius 2 is 0.846 bits per heavy atom. The second kappa shape index (κ2) is 23.1. The van der Waals surface area contributed by atoms with E-state index in [0.29, 0.717) is 11.4 Å². The fourth-order valence-corrected chi connectivity index (χ4v) is 5.12. The Kier molecular flexibility index (Phi) is 22.0. The monoisotopic (exact) mass is 752 g/mol. The number of hydrogen-bond donors (Lipinski definition) is 7. The summed E-state index contributed by atoms with van der Waals surface area (Å²) in [6.07, 6.45) is -2.35. The number of nitrogens with one attached hydrogen (secondary N) is 5. The van der Waals surface area contributed by atoms with Gasteiger partial charge in [0, 0.05) is 49.4 Å². The molecule has 2 aromatic carbocycles. The van der Waals surface area contributed by atoms with Gasteiger partial charge in [-0.15, -0.1) is 0 Å². The smallest absolute Gasteiger partial charge is 0.416 e. The number of carbonyl (C=O) groups is 4. The highest BCUT2D eigenvalue weighted by Crippen LogP contribution is 2.31. The average Bonchev–Trinajstić information content (AvgIpc) is 2.99. The Hall–Kier alpha value is -4.54. The number of carbonyl (C=O) groups excluding carboxylic acids is 3. The molecule has 17 heteroatoms. The van der Waals surface area contributed by atoms with E-state index in [1.165, 1.54) is 31.2 Å². The first kappa shape index (κ1) is 49.6. The summed E-state index contributed by atoms with van der Waals surface area (Å²) in [6.45, 7) is 2.56. The molecule has 0 heterocycles. The van der Waals surface area contributed by atoms with Crippen LogP contribution < -0.4 is 32.3 Å². The Morgan fingerprint density at radius 3 is 1.12 bits per heavy atom. The summed E-state index contributed by atoms with van der Waals surface area (Å²) in [5.74, 6) is -0.897. The van der Waals surface area contributed by atoms with Gasteiger partial charge in [0.1, 0.15) is 0 Å². The van der Waals surface area contributed by atoms with Crippen molar-refractivity contribution in [2.24, 2.45) is 5.73 Å². The molecule has 296 valence electrons. The highest BCUT2D eigenvalue weighted by atomic mass is 19.4. The Balaban J connectivity index is 0. The van der Waals surface area contributed by atoms with E-state index in [2.05, 4.69) is 26.6 Å². The molecular weight excluding hydrogens is 698 g/mol. The van der Waals surface area contributed by atoms with Crippen LogP contribution in [-0.4, -0.2) is 53.2 Å². The van der Waals surface area contributed by atoms with Crippen LogP contribution in [0.5, 0.6) is 0 Å².